The molecule has 1 aromatic rings. The summed E-state index contributed by atoms with van der Waals surface area (Å²) in [6.45, 7) is -0.147. The van der Waals surface area contributed by atoms with Gasteiger partial charge in [-0.2, -0.15) is 13.7 Å². The standard InChI is InChI=1S/C11H11NO5S/c1-18(14,15)17-10-5-3-2-4-9(10)8-16-11(13)6-7-12/h2-5H,6,8H2,1H3. The van der Waals surface area contributed by atoms with Crippen molar-refractivity contribution in [3.8, 4) is 11.8 Å². The second-order valence-electron chi connectivity index (χ2n) is 3.39. The van der Waals surface area contributed by atoms with E-state index >= 15 is 0 Å². The van der Waals surface area contributed by atoms with E-state index in [0.29, 0.717) is 5.56 Å². The Hall–Kier alpha value is -2.07. The Kier molecular flexibility index (Phi) is 4.68. The van der Waals surface area contributed by atoms with Gasteiger partial charge >= 0.3 is 16.1 Å². The summed E-state index contributed by atoms with van der Waals surface area (Å²) in [5, 5.41) is 8.29. The van der Waals surface area contributed by atoms with Crippen molar-refractivity contribution in [3.63, 3.8) is 0 Å². The van der Waals surface area contributed by atoms with Gasteiger partial charge in [0.15, 0.2) is 0 Å². The highest BCUT2D eigenvalue weighted by atomic mass is 32.2. The van der Waals surface area contributed by atoms with Crippen LogP contribution in [0.5, 0.6) is 5.75 Å². The number of benzene rings is 1. The van der Waals surface area contributed by atoms with Crippen molar-refractivity contribution < 1.29 is 22.1 Å². The largest absolute Gasteiger partial charge is 0.460 e. The SMILES string of the molecule is CS(=O)(=O)Oc1ccccc1COC(=O)CC#N. The van der Waals surface area contributed by atoms with Crippen LogP contribution in [-0.2, 0) is 26.3 Å². The van der Waals surface area contributed by atoms with E-state index in [1.54, 1.807) is 24.3 Å². The first-order valence-electron chi connectivity index (χ1n) is 4.92. The lowest BCUT2D eigenvalue weighted by molar-refractivity contribution is -0.143. The van der Waals surface area contributed by atoms with Gasteiger partial charge in [-0.3, -0.25) is 4.79 Å². The highest BCUT2D eigenvalue weighted by Gasteiger charge is 2.11. The highest BCUT2D eigenvalue weighted by Crippen LogP contribution is 2.20. The molecule has 0 radical (unpaired) electrons. The number of para-hydroxylation sites is 1. The molecule has 0 aliphatic carbocycles. The molecule has 0 heterocycles. The van der Waals surface area contributed by atoms with Crippen LogP contribution in [0.15, 0.2) is 24.3 Å². The summed E-state index contributed by atoms with van der Waals surface area (Å²) in [5.74, 6) is -0.573. The number of nitrogens with zero attached hydrogens (tertiary/aromatic N) is 1. The zero-order valence-corrected chi connectivity index (χ0v) is 10.4. The third-order valence-corrected chi connectivity index (χ3v) is 2.31. The summed E-state index contributed by atoms with van der Waals surface area (Å²) in [5.41, 5.74) is 0.411. The second kappa shape index (κ2) is 6.02. The second-order valence-corrected chi connectivity index (χ2v) is 4.97. The Balaban J connectivity index is 2.77. The molecule has 0 aliphatic heterocycles. The molecule has 0 fully saturated rings. The molecule has 0 saturated heterocycles. The van der Waals surface area contributed by atoms with Crippen LogP contribution in [0, 0.1) is 11.3 Å². The minimum Gasteiger partial charge on any atom is -0.460 e. The zero-order valence-electron chi connectivity index (χ0n) is 9.62. The van der Waals surface area contributed by atoms with Crippen LogP contribution in [0.1, 0.15) is 12.0 Å². The van der Waals surface area contributed by atoms with Crippen molar-refractivity contribution in [1.82, 2.24) is 0 Å². The van der Waals surface area contributed by atoms with Crippen LogP contribution in [-0.4, -0.2) is 20.6 Å². The van der Waals surface area contributed by atoms with Crippen molar-refractivity contribution in [1.29, 1.82) is 5.26 Å². The number of nitriles is 1. The topological polar surface area (TPSA) is 93.5 Å². The summed E-state index contributed by atoms with van der Waals surface area (Å²) >= 11 is 0. The number of ether oxygens (including phenoxy) is 1. The first kappa shape index (κ1) is 14.0. The lowest BCUT2D eigenvalue weighted by Gasteiger charge is -2.09. The Morgan fingerprint density at radius 3 is 2.67 bits per heavy atom. The van der Waals surface area contributed by atoms with Crippen molar-refractivity contribution in [3.05, 3.63) is 29.8 Å². The molecule has 0 atom stereocenters. The Morgan fingerprint density at radius 2 is 2.06 bits per heavy atom. The normalized spacial score (nSPS) is 10.4. The van der Waals surface area contributed by atoms with Crippen LogP contribution in [0.2, 0.25) is 0 Å². The Morgan fingerprint density at radius 1 is 1.39 bits per heavy atom. The molecule has 0 aliphatic rings. The third-order valence-electron chi connectivity index (χ3n) is 1.83. The summed E-state index contributed by atoms with van der Waals surface area (Å²) in [4.78, 5) is 11.0. The number of hydrogen-bond donors (Lipinski definition) is 0. The molecule has 96 valence electrons. The molecule has 0 saturated carbocycles. The Bertz CT molecular complexity index is 573. The first-order valence-corrected chi connectivity index (χ1v) is 6.74. The minimum absolute atomic E-state index is 0.102. The van der Waals surface area contributed by atoms with Gasteiger partial charge in [-0.25, -0.2) is 0 Å². The van der Waals surface area contributed by atoms with Crippen molar-refractivity contribution in [2.24, 2.45) is 0 Å². The van der Waals surface area contributed by atoms with Crippen molar-refractivity contribution >= 4 is 16.1 Å². The van der Waals surface area contributed by atoms with E-state index in [-0.39, 0.29) is 18.8 Å². The van der Waals surface area contributed by atoms with Gasteiger partial charge in [0.2, 0.25) is 0 Å². The Labute approximate surface area is 105 Å². The third kappa shape index (κ3) is 4.84. The highest BCUT2D eigenvalue weighted by molar-refractivity contribution is 7.86. The molecule has 7 heteroatoms. The van der Waals surface area contributed by atoms with Gasteiger partial charge in [0.25, 0.3) is 0 Å². The fraction of sp³-hybridized carbons (Fsp3) is 0.273. The van der Waals surface area contributed by atoms with Gasteiger partial charge in [-0.15, -0.1) is 0 Å². The van der Waals surface area contributed by atoms with Gasteiger partial charge < -0.3 is 8.92 Å². The quantitative estimate of drug-likeness (QED) is 0.584. The summed E-state index contributed by atoms with van der Waals surface area (Å²) in [7, 11) is -3.64. The summed E-state index contributed by atoms with van der Waals surface area (Å²) in [6.07, 6.45) is 0.570. The molecule has 0 aromatic heterocycles. The zero-order chi connectivity index (χ0) is 13.6. The predicted octanol–water partition coefficient (Wildman–Crippen LogP) is 0.982. The van der Waals surface area contributed by atoms with Crippen molar-refractivity contribution in [2.75, 3.05) is 6.26 Å². The maximum Gasteiger partial charge on any atom is 0.320 e. The molecule has 0 unspecified atom stereocenters. The lowest BCUT2D eigenvalue weighted by atomic mass is 10.2. The van der Waals surface area contributed by atoms with Gasteiger partial charge in [-0.1, -0.05) is 18.2 Å². The van der Waals surface area contributed by atoms with E-state index in [4.69, 9.17) is 14.2 Å². The van der Waals surface area contributed by atoms with Gasteiger partial charge in [0.05, 0.1) is 12.3 Å². The fourth-order valence-corrected chi connectivity index (χ4v) is 1.63. The summed E-state index contributed by atoms with van der Waals surface area (Å²) < 4.78 is 31.6. The smallest absolute Gasteiger partial charge is 0.320 e. The molecule has 0 bridgehead atoms. The van der Waals surface area contributed by atoms with Crippen LogP contribution in [0.4, 0.5) is 0 Å². The van der Waals surface area contributed by atoms with E-state index in [1.807, 2.05) is 0 Å². The molecule has 0 N–H and O–H groups in total. The van der Waals surface area contributed by atoms with E-state index < -0.39 is 16.1 Å². The van der Waals surface area contributed by atoms with E-state index in [2.05, 4.69) is 0 Å². The average molecular weight is 269 g/mol. The lowest BCUT2D eigenvalue weighted by Crippen LogP contribution is -2.09. The van der Waals surface area contributed by atoms with Crippen LogP contribution in [0.3, 0.4) is 0 Å². The van der Waals surface area contributed by atoms with Crippen LogP contribution < -0.4 is 4.18 Å². The maximum absolute atomic E-state index is 11.0. The molecule has 0 spiro atoms. The molecule has 1 aromatic carbocycles. The van der Waals surface area contributed by atoms with E-state index in [9.17, 15) is 13.2 Å². The van der Waals surface area contributed by atoms with Crippen LogP contribution >= 0.6 is 0 Å². The number of carbonyl (C=O) groups excluding carboxylic acids is 1. The van der Waals surface area contributed by atoms with Crippen molar-refractivity contribution in [2.45, 2.75) is 13.0 Å². The van der Waals surface area contributed by atoms with Crippen LogP contribution in [0.25, 0.3) is 0 Å². The minimum atomic E-state index is -3.64. The first-order chi connectivity index (χ1) is 8.42. The van der Waals surface area contributed by atoms with Gasteiger partial charge in [0, 0.05) is 5.56 Å². The monoisotopic (exact) mass is 269 g/mol. The predicted molar refractivity (Wildman–Crippen MR) is 61.9 cm³/mol. The number of esters is 1. The number of rotatable bonds is 5. The number of carbonyl (C=O) groups is 1. The van der Waals surface area contributed by atoms with Gasteiger partial charge in [-0.05, 0) is 6.07 Å². The maximum atomic E-state index is 11.0. The molecule has 0 amide bonds. The van der Waals surface area contributed by atoms with E-state index in [0.717, 1.165) is 6.26 Å². The van der Waals surface area contributed by atoms with E-state index in [1.165, 1.54) is 6.07 Å². The fourth-order valence-electron chi connectivity index (χ4n) is 1.14. The van der Waals surface area contributed by atoms with Gasteiger partial charge in [0.1, 0.15) is 18.8 Å². The molecule has 1 rings (SSSR count). The molecule has 6 nitrogen and oxygen atoms in total. The summed E-state index contributed by atoms with van der Waals surface area (Å²) in [6, 6.07) is 7.93. The molecular weight excluding hydrogens is 258 g/mol. The number of hydrogen-bond acceptors (Lipinski definition) is 6. The molecule has 18 heavy (non-hydrogen) atoms. The average Bonchev–Trinajstić information content (AvgIpc) is 2.26. The molecular formula is C11H11NO5S.